The number of hydrogen-bond donors (Lipinski definition) is 2. The Bertz CT molecular complexity index is 881. The van der Waals surface area contributed by atoms with Gasteiger partial charge in [-0.25, -0.2) is 0 Å². The van der Waals surface area contributed by atoms with Gasteiger partial charge in [0.05, 0.1) is 5.69 Å². The monoisotopic (exact) mass is 334 g/mol. The van der Waals surface area contributed by atoms with E-state index >= 15 is 0 Å². The Morgan fingerprint density at radius 3 is 2.60 bits per heavy atom. The molecule has 0 atom stereocenters. The molecule has 0 aliphatic heterocycles. The minimum Gasteiger partial charge on any atom is -0.311 e. The standard InChI is InChI=1S/C20H22N4O/c1-13-4-6-16(7-5-13)8-9-18(25)22-20-15(3)19(23-24-20)17-10-11-21-12-14(17)2/h4-7,10-12H,8-9H2,1-3H3,(H2,22,23,24,25). The first-order chi connectivity index (χ1) is 12.0. The molecule has 1 amide bonds. The van der Waals surface area contributed by atoms with Crippen molar-refractivity contribution in [3.63, 3.8) is 0 Å². The third kappa shape index (κ3) is 3.94. The Kier molecular flexibility index (Phi) is 4.93. The van der Waals surface area contributed by atoms with Crippen molar-refractivity contribution in [3.05, 3.63) is 65.0 Å². The van der Waals surface area contributed by atoms with E-state index < -0.39 is 0 Å². The summed E-state index contributed by atoms with van der Waals surface area (Å²) in [5.74, 6) is 0.630. The molecule has 1 aromatic carbocycles. The van der Waals surface area contributed by atoms with E-state index in [-0.39, 0.29) is 5.91 Å². The lowest BCUT2D eigenvalue weighted by molar-refractivity contribution is -0.116. The van der Waals surface area contributed by atoms with E-state index in [1.807, 2.05) is 26.1 Å². The van der Waals surface area contributed by atoms with Gasteiger partial charge in [0, 0.05) is 29.9 Å². The average Bonchev–Trinajstić information content (AvgIpc) is 2.95. The molecule has 5 nitrogen and oxygen atoms in total. The zero-order chi connectivity index (χ0) is 17.8. The summed E-state index contributed by atoms with van der Waals surface area (Å²) in [7, 11) is 0. The summed E-state index contributed by atoms with van der Waals surface area (Å²) in [5.41, 5.74) is 6.22. The summed E-state index contributed by atoms with van der Waals surface area (Å²) in [6.45, 7) is 6.00. The Hall–Kier alpha value is -2.95. The predicted octanol–water partition coefficient (Wildman–Crippen LogP) is 3.97. The van der Waals surface area contributed by atoms with E-state index in [0.29, 0.717) is 12.2 Å². The van der Waals surface area contributed by atoms with Gasteiger partial charge in [-0.1, -0.05) is 29.8 Å². The van der Waals surface area contributed by atoms with Crippen LogP contribution in [0.2, 0.25) is 0 Å². The van der Waals surface area contributed by atoms with Gasteiger partial charge in [-0.05, 0) is 44.4 Å². The number of nitrogens with one attached hydrogen (secondary N) is 2. The van der Waals surface area contributed by atoms with Crippen LogP contribution in [0.1, 0.15) is 28.7 Å². The van der Waals surface area contributed by atoms with Crippen molar-refractivity contribution in [1.82, 2.24) is 15.2 Å². The van der Waals surface area contributed by atoms with Crippen LogP contribution in [0.15, 0.2) is 42.7 Å². The summed E-state index contributed by atoms with van der Waals surface area (Å²) in [5, 5.41) is 10.2. The molecule has 3 rings (SSSR count). The molecule has 0 bridgehead atoms. The van der Waals surface area contributed by atoms with E-state index in [1.54, 1.807) is 6.20 Å². The van der Waals surface area contributed by atoms with Crippen LogP contribution in [0.3, 0.4) is 0 Å². The van der Waals surface area contributed by atoms with Crippen molar-refractivity contribution in [2.45, 2.75) is 33.6 Å². The first-order valence-corrected chi connectivity index (χ1v) is 8.36. The molecule has 128 valence electrons. The molecule has 2 N–H and O–H groups in total. The van der Waals surface area contributed by atoms with Crippen LogP contribution in [0.4, 0.5) is 5.82 Å². The van der Waals surface area contributed by atoms with E-state index in [1.165, 1.54) is 5.56 Å². The number of amides is 1. The van der Waals surface area contributed by atoms with Crippen LogP contribution in [-0.4, -0.2) is 21.1 Å². The largest absolute Gasteiger partial charge is 0.311 e. The molecule has 25 heavy (non-hydrogen) atoms. The van der Waals surface area contributed by atoms with E-state index in [0.717, 1.165) is 34.4 Å². The molecule has 0 spiro atoms. The average molecular weight is 334 g/mol. The summed E-state index contributed by atoms with van der Waals surface area (Å²) >= 11 is 0. The van der Waals surface area contributed by atoms with Gasteiger partial charge in [0.2, 0.25) is 5.91 Å². The van der Waals surface area contributed by atoms with Crippen LogP contribution < -0.4 is 5.32 Å². The number of hydrogen-bond acceptors (Lipinski definition) is 3. The van der Waals surface area contributed by atoms with Crippen LogP contribution in [-0.2, 0) is 11.2 Å². The van der Waals surface area contributed by atoms with Gasteiger partial charge in [-0.2, -0.15) is 5.10 Å². The van der Waals surface area contributed by atoms with E-state index in [2.05, 4.69) is 51.7 Å². The topological polar surface area (TPSA) is 70.7 Å². The fourth-order valence-electron chi connectivity index (χ4n) is 2.74. The zero-order valence-electron chi connectivity index (χ0n) is 14.8. The molecule has 0 radical (unpaired) electrons. The summed E-state index contributed by atoms with van der Waals surface area (Å²) in [4.78, 5) is 16.4. The SMILES string of the molecule is Cc1ccc(CCC(=O)Nc2[nH]nc(-c3ccncc3C)c2C)cc1. The van der Waals surface area contributed by atoms with Crippen molar-refractivity contribution >= 4 is 11.7 Å². The number of nitrogens with zero attached hydrogens (tertiary/aromatic N) is 2. The lowest BCUT2D eigenvalue weighted by Gasteiger charge is -2.06. The number of aryl methyl sites for hydroxylation is 3. The van der Waals surface area contributed by atoms with Crippen LogP contribution in [0.25, 0.3) is 11.3 Å². The first kappa shape index (κ1) is 16.9. The number of pyridine rings is 1. The molecular weight excluding hydrogens is 312 g/mol. The third-order valence-corrected chi connectivity index (χ3v) is 4.31. The second-order valence-electron chi connectivity index (χ2n) is 6.30. The van der Waals surface area contributed by atoms with Gasteiger partial charge >= 0.3 is 0 Å². The van der Waals surface area contributed by atoms with E-state index in [4.69, 9.17) is 0 Å². The fraction of sp³-hybridized carbons (Fsp3) is 0.250. The van der Waals surface area contributed by atoms with Crippen molar-refractivity contribution in [1.29, 1.82) is 0 Å². The predicted molar refractivity (Wildman–Crippen MR) is 99.4 cm³/mol. The maximum absolute atomic E-state index is 12.2. The molecular formula is C20H22N4O. The Balaban J connectivity index is 1.66. The van der Waals surface area contributed by atoms with Gasteiger partial charge in [0.15, 0.2) is 0 Å². The molecule has 2 aromatic heterocycles. The molecule has 2 heterocycles. The lowest BCUT2D eigenvalue weighted by atomic mass is 10.1. The van der Waals surface area contributed by atoms with Crippen LogP contribution >= 0.6 is 0 Å². The highest BCUT2D eigenvalue weighted by Gasteiger charge is 2.14. The molecule has 0 fully saturated rings. The van der Waals surface area contributed by atoms with Crippen molar-refractivity contribution < 1.29 is 4.79 Å². The van der Waals surface area contributed by atoms with Gasteiger partial charge < -0.3 is 5.32 Å². The van der Waals surface area contributed by atoms with Gasteiger partial charge in [-0.3, -0.25) is 14.9 Å². The number of aromatic amines is 1. The first-order valence-electron chi connectivity index (χ1n) is 8.36. The second-order valence-corrected chi connectivity index (χ2v) is 6.30. The highest BCUT2D eigenvalue weighted by Crippen LogP contribution is 2.27. The maximum atomic E-state index is 12.2. The second kappa shape index (κ2) is 7.30. The number of H-pyrrole nitrogens is 1. The Morgan fingerprint density at radius 2 is 1.88 bits per heavy atom. The number of aromatic nitrogens is 3. The molecule has 3 aromatic rings. The van der Waals surface area contributed by atoms with Crippen LogP contribution in [0, 0.1) is 20.8 Å². The summed E-state index contributed by atoms with van der Waals surface area (Å²) in [6, 6.07) is 10.2. The number of anilines is 1. The number of benzene rings is 1. The smallest absolute Gasteiger partial charge is 0.225 e. The normalized spacial score (nSPS) is 10.7. The van der Waals surface area contributed by atoms with Gasteiger partial charge in [-0.15, -0.1) is 0 Å². The van der Waals surface area contributed by atoms with Crippen molar-refractivity contribution in [2.24, 2.45) is 0 Å². The molecule has 0 aliphatic carbocycles. The van der Waals surface area contributed by atoms with Crippen molar-refractivity contribution in [2.75, 3.05) is 5.32 Å². The third-order valence-electron chi connectivity index (χ3n) is 4.31. The summed E-state index contributed by atoms with van der Waals surface area (Å²) in [6.07, 6.45) is 4.71. The molecule has 0 unspecified atom stereocenters. The quantitative estimate of drug-likeness (QED) is 0.742. The highest BCUT2D eigenvalue weighted by atomic mass is 16.1. The number of rotatable bonds is 5. The number of carbonyl (C=O) groups is 1. The summed E-state index contributed by atoms with van der Waals surface area (Å²) < 4.78 is 0. The van der Waals surface area contributed by atoms with Gasteiger partial charge in [0.1, 0.15) is 5.82 Å². The highest BCUT2D eigenvalue weighted by molar-refractivity contribution is 5.91. The Morgan fingerprint density at radius 1 is 1.12 bits per heavy atom. The molecule has 5 heteroatoms. The number of carbonyl (C=O) groups excluding carboxylic acids is 1. The minimum atomic E-state index is -0.0228. The molecule has 0 aliphatic rings. The minimum absolute atomic E-state index is 0.0228. The molecule has 0 saturated carbocycles. The van der Waals surface area contributed by atoms with Gasteiger partial charge in [0.25, 0.3) is 0 Å². The van der Waals surface area contributed by atoms with E-state index in [9.17, 15) is 4.79 Å². The lowest BCUT2D eigenvalue weighted by Crippen LogP contribution is -2.13. The molecule has 0 saturated heterocycles. The van der Waals surface area contributed by atoms with Crippen molar-refractivity contribution in [3.8, 4) is 11.3 Å². The Labute approximate surface area is 147 Å². The zero-order valence-corrected chi connectivity index (χ0v) is 14.8. The fourth-order valence-corrected chi connectivity index (χ4v) is 2.74. The maximum Gasteiger partial charge on any atom is 0.225 e. The van der Waals surface area contributed by atoms with Crippen LogP contribution in [0.5, 0.6) is 0 Å².